The van der Waals surface area contributed by atoms with Gasteiger partial charge < -0.3 is 11.1 Å². The first-order valence-electron chi connectivity index (χ1n) is 6.29. The predicted octanol–water partition coefficient (Wildman–Crippen LogP) is 2.94. The fourth-order valence-corrected chi connectivity index (χ4v) is 1.85. The van der Waals surface area contributed by atoms with Gasteiger partial charge in [-0.05, 0) is 24.5 Å². The third-order valence-electron chi connectivity index (χ3n) is 3.35. The van der Waals surface area contributed by atoms with Crippen molar-refractivity contribution >= 4 is 29.9 Å². The van der Waals surface area contributed by atoms with Gasteiger partial charge in [0.2, 0.25) is 5.91 Å². The fourth-order valence-electron chi connectivity index (χ4n) is 1.65. The molecule has 3 N–H and O–H groups in total. The van der Waals surface area contributed by atoms with Crippen molar-refractivity contribution in [1.82, 2.24) is 5.32 Å². The number of hydrogen-bond acceptors (Lipinski definition) is 2. The first-order chi connectivity index (χ1) is 8.50. The molecule has 3 nitrogen and oxygen atoms in total. The van der Waals surface area contributed by atoms with Gasteiger partial charge in [-0.15, -0.1) is 12.4 Å². The second-order valence-electron chi connectivity index (χ2n) is 4.61. The van der Waals surface area contributed by atoms with Gasteiger partial charge in [-0.2, -0.15) is 0 Å². The summed E-state index contributed by atoms with van der Waals surface area (Å²) in [6, 6.07) is 7.37. The molecule has 1 aromatic carbocycles. The molecule has 0 unspecified atom stereocenters. The van der Waals surface area contributed by atoms with Crippen LogP contribution in [0.2, 0.25) is 5.02 Å². The van der Waals surface area contributed by atoms with E-state index in [9.17, 15) is 4.79 Å². The Morgan fingerprint density at radius 2 is 1.89 bits per heavy atom. The Bertz CT molecular complexity index is 406. The minimum atomic E-state index is -0.309. The van der Waals surface area contributed by atoms with Crippen LogP contribution in [0.4, 0.5) is 0 Å². The van der Waals surface area contributed by atoms with Crippen LogP contribution in [0.25, 0.3) is 0 Å². The molecule has 0 aromatic heterocycles. The smallest absolute Gasteiger partial charge is 0.224 e. The third-order valence-corrected chi connectivity index (χ3v) is 3.72. The largest absolute Gasteiger partial charge is 0.354 e. The molecule has 0 radical (unpaired) electrons. The van der Waals surface area contributed by atoms with Crippen LogP contribution in [0.15, 0.2) is 24.3 Å². The van der Waals surface area contributed by atoms with Gasteiger partial charge in [-0.3, -0.25) is 4.79 Å². The van der Waals surface area contributed by atoms with Crippen molar-refractivity contribution < 1.29 is 4.79 Å². The van der Waals surface area contributed by atoms with Gasteiger partial charge in [0.25, 0.3) is 0 Å². The number of hydrogen-bond donors (Lipinski definition) is 2. The quantitative estimate of drug-likeness (QED) is 0.849. The van der Waals surface area contributed by atoms with Crippen molar-refractivity contribution in [3.63, 3.8) is 0 Å². The maximum Gasteiger partial charge on any atom is 0.224 e. The molecule has 0 heterocycles. The minimum Gasteiger partial charge on any atom is -0.354 e. The summed E-state index contributed by atoms with van der Waals surface area (Å²) in [5, 5.41) is 3.50. The summed E-state index contributed by atoms with van der Waals surface area (Å²) in [7, 11) is 0. The number of nitrogens with two attached hydrogens (primary N) is 1. The van der Waals surface area contributed by atoms with Crippen LogP contribution >= 0.6 is 24.0 Å². The topological polar surface area (TPSA) is 55.1 Å². The number of carbonyl (C=O) groups is 1. The Morgan fingerprint density at radius 3 is 2.42 bits per heavy atom. The maximum atomic E-state index is 11.8. The average Bonchev–Trinajstić information content (AvgIpc) is 2.39. The van der Waals surface area contributed by atoms with E-state index in [0.29, 0.717) is 18.0 Å². The molecule has 0 saturated carbocycles. The zero-order chi connectivity index (χ0) is 13.6. The minimum absolute atomic E-state index is 0. The lowest BCUT2D eigenvalue weighted by atomic mass is 9.94. The van der Waals surface area contributed by atoms with Gasteiger partial charge in [0.15, 0.2) is 0 Å². The molecular formula is C14H22Cl2N2O. The van der Waals surface area contributed by atoms with Crippen LogP contribution in [0, 0.1) is 0 Å². The second kappa shape index (κ2) is 8.41. The normalized spacial score (nSPS) is 10.7. The molecule has 19 heavy (non-hydrogen) atoms. The van der Waals surface area contributed by atoms with Crippen molar-refractivity contribution in [1.29, 1.82) is 0 Å². The molecule has 0 aliphatic heterocycles. The summed E-state index contributed by atoms with van der Waals surface area (Å²) >= 11 is 6.01. The molecule has 0 fully saturated rings. The lowest BCUT2D eigenvalue weighted by molar-refractivity contribution is -0.120. The summed E-state index contributed by atoms with van der Waals surface area (Å²) in [5.74, 6) is -0.0418. The highest BCUT2D eigenvalue weighted by Gasteiger charge is 2.20. The first kappa shape index (κ1) is 18.2. The van der Waals surface area contributed by atoms with E-state index in [0.717, 1.165) is 18.4 Å². The van der Waals surface area contributed by atoms with Crippen molar-refractivity contribution in [3.8, 4) is 0 Å². The van der Waals surface area contributed by atoms with Gasteiger partial charge in [0, 0.05) is 17.1 Å². The van der Waals surface area contributed by atoms with E-state index >= 15 is 0 Å². The third kappa shape index (κ3) is 5.81. The predicted molar refractivity (Wildman–Crippen MR) is 82.9 cm³/mol. The summed E-state index contributed by atoms with van der Waals surface area (Å²) in [4.78, 5) is 11.8. The van der Waals surface area contributed by atoms with E-state index in [1.165, 1.54) is 0 Å². The van der Waals surface area contributed by atoms with Crippen molar-refractivity contribution in [2.45, 2.75) is 38.6 Å². The van der Waals surface area contributed by atoms with Crippen molar-refractivity contribution in [2.75, 3.05) is 6.54 Å². The molecule has 1 rings (SSSR count). The molecule has 0 aliphatic rings. The lowest BCUT2D eigenvalue weighted by Gasteiger charge is -2.26. The standard InChI is InChI=1S/C14H21ClN2O.ClH/c1-3-14(16,4-2)10-17-13(18)9-11-7-5-6-8-12(11)15;/h5-8H,3-4,9-10,16H2,1-2H3,(H,17,18);1H. The summed E-state index contributed by atoms with van der Waals surface area (Å²) in [6.07, 6.45) is 1.98. The summed E-state index contributed by atoms with van der Waals surface area (Å²) in [5.41, 5.74) is 6.66. The number of benzene rings is 1. The van der Waals surface area contributed by atoms with Crippen LogP contribution in [0.1, 0.15) is 32.3 Å². The van der Waals surface area contributed by atoms with Crippen LogP contribution in [0.3, 0.4) is 0 Å². The zero-order valence-electron chi connectivity index (χ0n) is 11.4. The van der Waals surface area contributed by atoms with Gasteiger partial charge in [-0.25, -0.2) is 0 Å². The fraction of sp³-hybridized carbons (Fsp3) is 0.500. The lowest BCUT2D eigenvalue weighted by Crippen LogP contribution is -2.49. The number of rotatable bonds is 6. The number of carbonyl (C=O) groups excluding carboxylic acids is 1. The Hall–Kier alpha value is -0.770. The Kier molecular flexibility index (Phi) is 8.07. The molecule has 1 aromatic rings. The number of nitrogens with one attached hydrogen (secondary N) is 1. The maximum absolute atomic E-state index is 11.8. The van der Waals surface area contributed by atoms with E-state index < -0.39 is 0 Å². The molecule has 0 atom stereocenters. The molecule has 0 spiro atoms. The molecule has 0 bridgehead atoms. The van der Waals surface area contributed by atoms with E-state index in [4.69, 9.17) is 17.3 Å². The van der Waals surface area contributed by atoms with E-state index in [1.807, 2.05) is 32.0 Å². The van der Waals surface area contributed by atoms with E-state index in [1.54, 1.807) is 6.07 Å². The highest BCUT2D eigenvalue weighted by molar-refractivity contribution is 6.31. The highest BCUT2D eigenvalue weighted by atomic mass is 35.5. The Balaban J connectivity index is 0.00000324. The number of amides is 1. The summed E-state index contributed by atoms with van der Waals surface area (Å²) < 4.78 is 0. The van der Waals surface area contributed by atoms with E-state index in [-0.39, 0.29) is 23.9 Å². The van der Waals surface area contributed by atoms with Gasteiger partial charge in [0.1, 0.15) is 0 Å². The Morgan fingerprint density at radius 1 is 1.32 bits per heavy atom. The average molecular weight is 305 g/mol. The van der Waals surface area contributed by atoms with Crippen LogP contribution in [0.5, 0.6) is 0 Å². The van der Waals surface area contributed by atoms with E-state index in [2.05, 4.69) is 5.32 Å². The zero-order valence-corrected chi connectivity index (χ0v) is 13.0. The van der Waals surface area contributed by atoms with Crippen LogP contribution < -0.4 is 11.1 Å². The monoisotopic (exact) mass is 304 g/mol. The molecule has 0 aliphatic carbocycles. The van der Waals surface area contributed by atoms with Gasteiger partial charge in [-0.1, -0.05) is 43.6 Å². The second-order valence-corrected chi connectivity index (χ2v) is 5.02. The first-order valence-corrected chi connectivity index (χ1v) is 6.67. The van der Waals surface area contributed by atoms with Crippen molar-refractivity contribution in [2.24, 2.45) is 5.73 Å². The Labute approximate surface area is 126 Å². The van der Waals surface area contributed by atoms with Crippen molar-refractivity contribution in [3.05, 3.63) is 34.9 Å². The molecule has 5 heteroatoms. The van der Waals surface area contributed by atoms with Crippen LogP contribution in [-0.2, 0) is 11.2 Å². The highest BCUT2D eigenvalue weighted by Crippen LogP contribution is 2.15. The van der Waals surface area contributed by atoms with Gasteiger partial charge in [0.05, 0.1) is 6.42 Å². The van der Waals surface area contributed by atoms with Crippen LogP contribution in [-0.4, -0.2) is 18.0 Å². The molecule has 1 amide bonds. The molecule has 0 saturated heterocycles. The molecule has 108 valence electrons. The SMILES string of the molecule is CCC(N)(CC)CNC(=O)Cc1ccccc1Cl.Cl. The van der Waals surface area contributed by atoms with Gasteiger partial charge >= 0.3 is 0 Å². The molecular weight excluding hydrogens is 283 g/mol. The number of halogens is 2. The summed E-state index contributed by atoms with van der Waals surface area (Å²) in [6.45, 7) is 4.57.